The van der Waals surface area contributed by atoms with Gasteiger partial charge in [-0.15, -0.1) is 0 Å². The van der Waals surface area contributed by atoms with E-state index in [1.807, 2.05) is 0 Å². The summed E-state index contributed by atoms with van der Waals surface area (Å²) in [5, 5.41) is 0.747. The Morgan fingerprint density at radius 1 is 0.808 bits per heavy atom. The Balaban J connectivity index is 3.25. The monoisotopic (exact) mass is 377 g/mol. The van der Waals surface area contributed by atoms with Crippen LogP contribution in [0.15, 0.2) is 6.07 Å². The maximum absolute atomic E-state index is 2.54. The first-order valence-electron chi connectivity index (χ1n) is 10.4. The lowest BCUT2D eigenvalue weighted by Crippen LogP contribution is -2.27. The molecule has 0 N–H and O–H groups in total. The van der Waals surface area contributed by atoms with Crippen LogP contribution < -0.4 is 0 Å². The standard InChI is InChI=1S/C24H44NP/c1-12-25(13-2)15-14-21-18(3)16-19(4)22(20(21)5)17-26(23(6,7)8)24(9,10)11/h16H,12-15,17H2,1-11H3. The Labute approximate surface area is 165 Å². The summed E-state index contributed by atoms with van der Waals surface area (Å²) in [6.07, 6.45) is 2.42. The molecule has 1 aromatic carbocycles. The van der Waals surface area contributed by atoms with E-state index in [2.05, 4.69) is 87.1 Å². The zero-order valence-corrected chi connectivity index (χ0v) is 20.4. The van der Waals surface area contributed by atoms with Crippen LogP contribution in [0.3, 0.4) is 0 Å². The third kappa shape index (κ3) is 6.07. The van der Waals surface area contributed by atoms with E-state index in [0.717, 1.165) is 13.1 Å². The van der Waals surface area contributed by atoms with Crippen molar-refractivity contribution in [3.8, 4) is 0 Å². The summed E-state index contributed by atoms with van der Waals surface area (Å²) < 4.78 is 0. The van der Waals surface area contributed by atoms with Gasteiger partial charge in [-0.25, -0.2) is 0 Å². The minimum atomic E-state index is -0.112. The number of hydrogen-bond donors (Lipinski definition) is 0. The van der Waals surface area contributed by atoms with E-state index in [1.165, 1.54) is 30.3 Å². The molecule has 0 saturated heterocycles. The van der Waals surface area contributed by atoms with Crippen LogP contribution in [0.25, 0.3) is 0 Å². The van der Waals surface area contributed by atoms with E-state index < -0.39 is 0 Å². The Hall–Kier alpha value is -0.390. The van der Waals surface area contributed by atoms with Crippen LogP contribution in [-0.2, 0) is 12.6 Å². The average molecular weight is 378 g/mol. The number of rotatable bonds is 7. The largest absolute Gasteiger partial charge is 0.304 e. The molecule has 0 heterocycles. The normalized spacial score (nSPS) is 13.1. The second-order valence-corrected chi connectivity index (χ2v) is 13.7. The number of nitrogens with zero attached hydrogens (tertiary/aromatic N) is 1. The number of likely N-dealkylation sites (N-methyl/N-ethyl adjacent to an activating group) is 1. The fourth-order valence-corrected chi connectivity index (χ4v) is 8.11. The van der Waals surface area contributed by atoms with Gasteiger partial charge in [-0.3, -0.25) is 0 Å². The molecule has 0 fully saturated rings. The van der Waals surface area contributed by atoms with E-state index in [1.54, 1.807) is 16.7 Å². The summed E-state index contributed by atoms with van der Waals surface area (Å²) >= 11 is 0. The van der Waals surface area contributed by atoms with Gasteiger partial charge < -0.3 is 4.90 Å². The smallest absolute Gasteiger partial charge is 0.00218 e. The van der Waals surface area contributed by atoms with Crippen LogP contribution in [0.1, 0.15) is 83.2 Å². The molecule has 150 valence electrons. The van der Waals surface area contributed by atoms with Crippen LogP contribution in [0.2, 0.25) is 0 Å². The molecule has 26 heavy (non-hydrogen) atoms. The lowest BCUT2D eigenvalue weighted by molar-refractivity contribution is 0.307. The second kappa shape index (κ2) is 9.20. The third-order valence-electron chi connectivity index (χ3n) is 5.80. The molecule has 1 nitrogen and oxygen atoms in total. The van der Waals surface area contributed by atoms with Crippen molar-refractivity contribution in [1.29, 1.82) is 0 Å². The van der Waals surface area contributed by atoms with Crippen LogP contribution in [0.4, 0.5) is 0 Å². The molecule has 0 atom stereocenters. The molecule has 0 bridgehead atoms. The van der Waals surface area contributed by atoms with E-state index in [-0.39, 0.29) is 7.92 Å². The first kappa shape index (κ1) is 23.6. The molecule has 0 aromatic heterocycles. The van der Waals surface area contributed by atoms with Crippen molar-refractivity contribution in [2.45, 2.75) is 99.1 Å². The predicted molar refractivity (Wildman–Crippen MR) is 122 cm³/mol. The molecule has 0 saturated carbocycles. The quantitative estimate of drug-likeness (QED) is 0.459. The first-order chi connectivity index (χ1) is 11.8. The Morgan fingerprint density at radius 3 is 1.69 bits per heavy atom. The van der Waals surface area contributed by atoms with Crippen LogP contribution in [-0.4, -0.2) is 34.8 Å². The van der Waals surface area contributed by atoms with Crippen LogP contribution in [0.5, 0.6) is 0 Å². The second-order valence-electron chi connectivity index (χ2n) is 9.80. The first-order valence-corrected chi connectivity index (χ1v) is 11.9. The fraction of sp³-hybridized carbons (Fsp3) is 0.750. The van der Waals surface area contributed by atoms with E-state index in [4.69, 9.17) is 0 Å². The molecular formula is C24H44NP. The highest BCUT2D eigenvalue weighted by Gasteiger charge is 2.34. The van der Waals surface area contributed by atoms with Gasteiger partial charge in [0.15, 0.2) is 0 Å². The SMILES string of the molecule is CCN(CC)CCc1c(C)cc(C)c(CP(C(C)(C)C)C(C)(C)C)c1C. The summed E-state index contributed by atoms with van der Waals surface area (Å²) in [6, 6.07) is 2.44. The van der Waals surface area contributed by atoms with Gasteiger partial charge in [0.05, 0.1) is 0 Å². The third-order valence-corrected chi connectivity index (χ3v) is 9.67. The maximum Gasteiger partial charge on any atom is 0.00218 e. The molecule has 2 heteroatoms. The van der Waals surface area contributed by atoms with Gasteiger partial charge in [-0.1, -0.05) is 69.4 Å². The fourth-order valence-electron chi connectivity index (χ4n) is 4.35. The van der Waals surface area contributed by atoms with E-state index in [9.17, 15) is 0 Å². The zero-order valence-electron chi connectivity index (χ0n) is 19.5. The summed E-state index contributed by atoms with van der Waals surface area (Å²) in [4.78, 5) is 2.54. The van der Waals surface area contributed by atoms with Gasteiger partial charge in [-0.05, 0) is 84.6 Å². The Kier molecular flexibility index (Phi) is 8.37. The molecule has 0 spiro atoms. The van der Waals surface area contributed by atoms with Gasteiger partial charge in [-0.2, -0.15) is 0 Å². The lowest BCUT2D eigenvalue weighted by Gasteiger charge is -2.42. The summed E-state index contributed by atoms with van der Waals surface area (Å²) in [5.41, 5.74) is 7.76. The maximum atomic E-state index is 2.54. The number of aryl methyl sites for hydroxylation is 2. The van der Waals surface area contributed by atoms with Crippen LogP contribution in [0, 0.1) is 20.8 Å². The van der Waals surface area contributed by atoms with Gasteiger partial charge in [0.1, 0.15) is 0 Å². The average Bonchev–Trinajstić information content (AvgIpc) is 2.47. The van der Waals surface area contributed by atoms with Crippen molar-refractivity contribution in [1.82, 2.24) is 4.90 Å². The topological polar surface area (TPSA) is 3.24 Å². The Morgan fingerprint density at radius 2 is 1.27 bits per heavy atom. The minimum absolute atomic E-state index is 0.112. The molecule has 1 rings (SSSR count). The van der Waals surface area contributed by atoms with Gasteiger partial charge in [0.2, 0.25) is 0 Å². The van der Waals surface area contributed by atoms with Crippen molar-refractivity contribution in [3.63, 3.8) is 0 Å². The Bertz CT molecular complexity index is 572. The molecule has 0 radical (unpaired) electrons. The number of hydrogen-bond acceptors (Lipinski definition) is 1. The highest BCUT2D eigenvalue weighted by atomic mass is 31.1. The van der Waals surface area contributed by atoms with Crippen molar-refractivity contribution in [2.24, 2.45) is 0 Å². The molecular weight excluding hydrogens is 333 g/mol. The van der Waals surface area contributed by atoms with Crippen molar-refractivity contribution >= 4 is 7.92 Å². The summed E-state index contributed by atoms with van der Waals surface area (Å²) in [5.74, 6) is 0. The number of benzene rings is 1. The molecule has 0 amide bonds. The lowest BCUT2D eigenvalue weighted by atomic mass is 9.92. The van der Waals surface area contributed by atoms with Gasteiger partial charge >= 0.3 is 0 Å². The molecule has 0 aliphatic carbocycles. The summed E-state index contributed by atoms with van der Waals surface area (Å²) in [7, 11) is -0.112. The highest BCUT2D eigenvalue weighted by molar-refractivity contribution is 7.60. The van der Waals surface area contributed by atoms with Crippen LogP contribution >= 0.6 is 7.92 Å². The predicted octanol–water partition coefficient (Wildman–Crippen LogP) is 7.08. The van der Waals surface area contributed by atoms with E-state index in [0.29, 0.717) is 10.3 Å². The van der Waals surface area contributed by atoms with Crippen molar-refractivity contribution in [3.05, 3.63) is 33.9 Å². The molecule has 0 aliphatic rings. The highest BCUT2D eigenvalue weighted by Crippen LogP contribution is 2.61. The van der Waals surface area contributed by atoms with Crippen molar-refractivity contribution < 1.29 is 0 Å². The molecule has 0 unspecified atom stereocenters. The zero-order chi connectivity index (χ0) is 20.3. The minimum Gasteiger partial charge on any atom is -0.304 e. The van der Waals surface area contributed by atoms with Crippen molar-refractivity contribution in [2.75, 3.05) is 19.6 Å². The molecule has 0 aliphatic heterocycles. The van der Waals surface area contributed by atoms with Gasteiger partial charge in [0, 0.05) is 6.54 Å². The summed E-state index contributed by atoms with van der Waals surface area (Å²) in [6.45, 7) is 29.6. The molecule has 1 aromatic rings. The van der Waals surface area contributed by atoms with E-state index >= 15 is 0 Å². The van der Waals surface area contributed by atoms with Gasteiger partial charge in [0.25, 0.3) is 0 Å².